The lowest BCUT2D eigenvalue weighted by atomic mass is 10.0. The van der Waals surface area contributed by atoms with Crippen molar-refractivity contribution in [2.45, 2.75) is 129 Å². The highest BCUT2D eigenvalue weighted by Crippen LogP contribution is 2.14. The summed E-state index contributed by atoms with van der Waals surface area (Å²) in [6, 6.07) is 3.79. The van der Waals surface area contributed by atoms with Crippen molar-refractivity contribution in [1.82, 2.24) is 4.98 Å². The number of unbranched alkanes of at least 4 members (excludes halogenated alkanes) is 16. The normalized spacial score (nSPS) is 10.9. The standard InChI is InChI=1S/C26H45NO2/c1-2-3-4-5-6-7-8-9-10-11-12-13-14-15-16-17-18-21-26(28)29-24-25-20-19-22-27-23-25/h19-20,22-23H,2-18,21,24H2,1H3. The van der Waals surface area contributed by atoms with E-state index in [-0.39, 0.29) is 5.97 Å². The maximum atomic E-state index is 11.7. The molecular formula is C26H45NO2. The second-order valence-electron chi connectivity index (χ2n) is 8.43. The molecular weight excluding hydrogens is 358 g/mol. The van der Waals surface area contributed by atoms with Crippen molar-refractivity contribution in [3.63, 3.8) is 0 Å². The maximum Gasteiger partial charge on any atom is 0.306 e. The Bertz CT molecular complexity index is 475. The smallest absolute Gasteiger partial charge is 0.306 e. The largest absolute Gasteiger partial charge is 0.461 e. The number of hydrogen-bond donors (Lipinski definition) is 0. The number of ether oxygens (including phenoxy) is 1. The van der Waals surface area contributed by atoms with E-state index in [9.17, 15) is 4.79 Å². The summed E-state index contributed by atoms with van der Waals surface area (Å²) in [4.78, 5) is 15.8. The Morgan fingerprint density at radius 2 is 1.24 bits per heavy atom. The molecule has 29 heavy (non-hydrogen) atoms. The van der Waals surface area contributed by atoms with E-state index in [0.29, 0.717) is 13.0 Å². The number of rotatable bonds is 20. The lowest BCUT2D eigenvalue weighted by molar-refractivity contribution is -0.145. The topological polar surface area (TPSA) is 39.2 Å². The third-order valence-electron chi connectivity index (χ3n) is 5.61. The van der Waals surface area contributed by atoms with Gasteiger partial charge in [0.2, 0.25) is 0 Å². The Balaban J connectivity index is 1.74. The molecule has 0 aromatic carbocycles. The maximum absolute atomic E-state index is 11.7. The van der Waals surface area contributed by atoms with Crippen LogP contribution in [0.2, 0.25) is 0 Å². The van der Waals surface area contributed by atoms with Crippen LogP contribution >= 0.6 is 0 Å². The van der Waals surface area contributed by atoms with E-state index >= 15 is 0 Å². The number of carbonyl (C=O) groups is 1. The van der Waals surface area contributed by atoms with E-state index < -0.39 is 0 Å². The summed E-state index contributed by atoms with van der Waals surface area (Å²) in [5.41, 5.74) is 0.947. The van der Waals surface area contributed by atoms with Crippen molar-refractivity contribution < 1.29 is 9.53 Å². The first-order valence-corrected chi connectivity index (χ1v) is 12.4. The zero-order chi connectivity index (χ0) is 20.8. The van der Waals surface area contributed by atoms with Crippen LogP contribution < -0.4 is 0 Å². The molecule has 0 saturated carbocycles. The summed E-state index contributed by atoms with van der Waals surface area (Å²) in [5.74, 6) is -0.0881. The first kappa shape index (κ1) is 25.7. The minimum absolute atomic E-state index is 0.0881. The lowest BCUT2D eigenvalue weighted by Gasteiger charge is -2.05. The van der Waals surface area contributed by atoms with Gasteiger partial charge in [-0.2, -0.15) is 0 Å². The van der Waals surface area contributed by atoms with Crippen LogP contribution in [-0.4, -0.2) is 11.0 Å². The Labute approximate surface area is 180 Å². The van der Waals surface area contributed by atoms with Gasteiger partial charge in [-0.25, -0.2) is 0 Å². The molecule has 0 radical (unpaired) electrons. The summed E-state index contributed by atoms with van der Waals surface area (Å²) in [7, 11) is 0. The lowest BCUT2D eigenvalue weighted by Crippen LogP contribution is -2.04. The van der Waals surface area contributed by atoms with Crippen LogP contribution in [0.5, 0.6) is 0 Å². The van der Waals surface area contributed by atoms with Gasteiger partial charge in [0.25, 0.3) is 0 Å². The summed E-state index contributed by atoms with van der Waals surface area (Å²) in [5, 5.41) is 0. The third-order valence-corrected chi connectivity index (χ3v) is 5.61. The molecule has 0 atom stereocenters. The number of esters is 1. The fraction of sp³-hybridized carbons (Fsp3) is 0.769. The van der Waals surface area contributed by atoms with Gasteiger partial charge in [0.15, 0.2) is 0 Å². The molecule has 0 aliphatic rings. The zero-order valence-corrected chi connectivity index (χ0v) is 19.0. The summed E-state index contributed by atoms with van der Waals surface area (Å²) < 4.78 is 5.28. The number of nitrogens with zero attached hydrogens (tertiary/aromatic N) is 1. The Hall–Kier alpha value is -1.38. The minimum atomic E-state index is -0.0881. The molecule has 0 aliphatic heterocycles. The minimum Gasteiger partial charge on any atom is -0.461 e. The second kappa shape index (κ2) is 19.9. The van der Waals surface area contributed by atoms with E-state index in [1.165, 1.54) is 96.3 Å². The molecule has 1 aromatic heterocycles. The highest BCUT2D eigenvalue weighted by Gasteiger charge is 2.03. The number of pyridine rings is 1. The van der Waals surface area contributed by atoms with Crippen LogP contribution in [0.4, 0.5) is 0 Å². The average Bonchev–Trinajstić information content (AvgIpc) is 2.75. The average molecular weight is 404 g/mol. The number of carbonyl (C=O) groups excluding carboxylic acids is 1. The van der Waals surface area contributed by atoms with Crippen molar-refractivity contribution in [1.29, 1.82) is 0 Å². The van der Waals surface area contributed by atoms with Gasteiger partial charge in [-0.15, -0.1) is 0 Å². The van der Waals surface area contributed by atoms with Gasteiger partial charge in [-0.05, 0) is 12.5 Å². The van der Waals surface area contributed by atoms with E-state index in [4.69, 9.17) is 4.74 Å². The zero-order valence-electron chi connectivity index (χ0n) is 19.0. The van der Waals surface area contributed by atoms with Crippen LogP contribution in [0.1, 0.15) is 128 Å². The summed E-state index contributed by atoms with van der Waals surface area (Å²) in [6.07, 6.45) is 27.0. The first-order valence-electron chi connectivity index (χ1n) is 12.4. The van der Waals surface area contributed by atoms with Crippen LogP contribution in [0.3, 0.4) is 0 Å². The predicted octanol–water partition coefficient (Wildman–Crippen LogP) is 8.17. The van der Waals surface area contributed by atoms with Crippen molar-refractivity contribution in [2.75, 3.05) is 0 Å². The predicted molar refractivity (Wildman–Crippen MR) is 123 cm³/mol. The molecule has 166 valence electrons. The first-order chi connectivity index (χ1) is 14.3. The molecule has 0 bridgehead atoms. The molecule has 1 heterocycles. The van der Waals surface area contributed by atoms with Crippen LogP contribution in [0.25, 0.3) is 0 Å². The summed E-state index contributed by atoms with van der Waals surface area (Å²) in [6.45, 7) is 2.62. The molecule has 0 saturated heterocycles. The summed E-state index contributed by atoms with van der Waals surface area (Å²) >= 11 is 0. The van der Waals surface area contributed by atoms with Crippen LogP contribution in [0.15, 0.2) is 24.5 Å². The van der Waals surface area contributed by atoms with E-state index in [1.807, 2.05) is 12.1 Å². The molecule has 0 spiro atoms. The van der Waals surface area contributed by atoms with Gasteiger partial charge >= 0.3 is 5.97 Å². The Kier molecular flexibility index (Phi) is 17.6. The fourth-order valence-electron chi connectivity index (χ4n) is 3.71. The highest BCUT2D eigenvalue weighted by molar-refractivity contribution is 5.69. The highest BCUT2D eigenvalue weighted by atomic mass is 16.5. The van der Waals surface area contributed by atoms with Gasteiger partial charge < -0.3 is 4.74 Å². The van der Waals surface area contributed by atoms with Crippen molar-refractivity contribution >= 4 is 5.97 Å². The molecule has 0 aliphatic carbocycles. The van der Waals surface area contributed by atoms with Gasteiger partial charge in [0, 0.05) is 24.4 Å². The van der Waals surface area contributed by atoms with Crippen molar-refractivity contribution in [3.05, 3.63) is 30.1 Å². The molecule has 0 fully saturated rings. The molecule has 1 rings (SSSR count). The second-order valence-corrected chi connectivity index (χ2v) is 8.43. The van der Waals surface area contributed by atoms with Crippen molar-refractivity contribution in [3.8, 4) is 0 Å². The van der Waals surface area contributed by atoms with Crippen LogP contribution in [0, 0.1) is 0 Å². The third kappa shape index (κ3) is 17.2. The molecule has 1 aromatic rings. The fourth-order valence-corrected chi connectivity index (χ4v) is 3.71. The molecule has 0 N–H and O–H groups in total. The van der Waals surface area contributed by atoms with E-state index in [0.717, 1.165) is 18.4 Å². The Morgan fingerprint density at radius 1 is 0.759 bits per heavy atom. The SMILES string of the molecule is CCCCCCCCCCCCCCCCCCCC(=O)OCc1cccnc1. The quantitative estimate of drug-likeness (QED) is 0.163. The van der Waals surface area contributed by atoms with Gasteiger partial charge in [0.05, 0.1) is 0 Å². The van der Waals surface area contributed by atoms with Crippen LogP contribution in [-0.2, 0) is 16.1 Å². The van der Waals surface area contributed by atoms with Gasteiger partial charge in [0.1, 0.15) is 6.61 Å². The monoisotopic (exact) mass is 403 g/mol. The Morgan fingerprint density at radius 3 is 1.69 bits per heavy atom. The molecule has 0 unspecified atom stereocenters. The van der Waals surface area contributed by atoms with Gasteiger partial charge in [-0.1, -0.05) is 116 Å². The molecule has 0 amide bonds. The number of hydrogen-bond acceptors (Lipinski definition) is 3. The molecule has 3 nitrogen and oxygen atoms in total. The van der Waals surface area contributed by atoms with Gasteiger partial charge in [-0.3, -0.25) is 9.78 Å². The molecule has 3 heteroatoms. The van der Waals surface area contributed by atoms with E-state index in [2.05, 4.69) is 11.9 Å². The number of aromatic nitrogens is 1. The van der Waals surface area contributed by atoms with Crippen molar-refractivity contribution in [2.24, 2.45) is 0 Å². The van der Waals surface area contributed by atoms with E-state index in [1.54, 1.807) is 12.4 Å².